The predicted molar refractivity (Wildman–Crippen MR) is 145 cm³/mol. The topological polar surface area (TPSA) is 114 Å². The van der Waals surface area contributed by atoms with Crippen LogP contribution >= 0.6 is 0 Å². The number of carbonyl (C=O) groups excluding carboxylic acids is 2. The van der Waals surface area contributed by atoms with Crippen molar-refractivity contribution >= 4 is 12.0 Å². The highest BCUT2D eigenvalue weighted by atomic mass is 16.7. The number of nitrogens with one attached hydrogen (secondary N) is 2. The monoisotopic (exact) mass is 554 g/mol. The molecule has 0 aromatic carbocycles. The number of urea groups is 1. The van der Waals surface area contributed by atoms with Gasteiger partial charge in [-0.2, -0.15) is 0 Å². The minimum Gasteiger partial charge on any atom is -0.460 e. The molecule has 3 aliphatic heterocycles. The fourth-order valence-corrected chi connectivity index (χ4v) is 5.29. The molecule has 2 N–H and O–H groups in total. The third-order valence-corrected chi connectivity index (χ3v) is 9.14. The van der Waals surface area contributed by atoms with E-state index in [4.69, 9.17) is 28.4 Å². The van der Waals surface area contributed by atoms with Crippen LogP contribution in [0.15, 0.2) is 12.2 Å². The van der Waals surface area contributed by atoms with E-state index < -0.39 is 12.2 Å². The lowest BCUT2D eigenvalue weighted by molar-refractivity contribution is -0.307. The summed E-state index contributed by atoms with van der Waals surface area (Å²) in [6, 6.07) is -0.381. The van der Waals surface area contributed by atoms with Crippen LogP contribution in [0.4, 0.5) is 4.79 Å². The molecule has 12 unspecified atom stereocenters. The minimum absolute atomic E-state index is 0.0115. The van der Waals surface area contributed by atoms with E-state index in [2.05, 4.69) is 58.8 Å². The molecule has 0 aromatic rings. The average Bonchev–Trinajstić information content (AvgIpc) is 2.90. The highest BCUT2D eigenvalue weighted by Crippen LogP contribution is 2.37. The third kappa shape index (κ3) is 8.16. The Kier molecular flexibility index (Phi) is 11.6. The first-order valence-corrected chi connectivity index (χ1v) is 14.4. The standard InChI is InChI=1S/C29H50N2O8/c1-15(2)26(32)34-11-10-30-29(33)31-25-20(7)18(5)23(13-35-25)38-28-22(9)19(6)24(14-37-28)39-27-21(8)17(4)16(3)12-36-27/h16-25,27-28H,1,10-14H2,2-9H3,(H2,30,31,33). The second-order valence-electron chi connectivity index (χ2n) is 12.0. The van der Waals surface area contributed by atoms with E-state index in [1.807, 2.05) is 6.92 Å². The quantitative estimate of drug-likeness (QED) is 0.252. The van der Waals surface area contributed by atoms with Crippen LogP contribution in [-0.4, -0.2) is 76.0 Å². The molecule has 3 rings (SSSR count). The van der Waals surface area contributed by atoms with E-state index in [1.54, 1.807) is 6.92 Å². The molecule has 3 fully saturated rings. The number of carbonyl (C=O) groups is 2. The minimum atomic E-state index is -0.479. The second kappa shape index (κ2) is 14.3. The summed E-state index contributed by atoms with van der Waals surface area (Å²) in [6.45, 7) is 22.0. The normalized spacial score (nSPS) is 40.9. The molecule has 3 saturated heterocycles. The van der Waals surface area contributed by atoms with Gasteiger partial charge in [0.25, 0.3) is 0 Å². The van der Waals surface area contributed by atoms with Crippen LogP contribution in [0, 0.1) is 41.4 Å². The number of hydrogen-bond acceptors (Lipinski definition) is 8. The Hall–Kier alpha value is -1.72. The van der Waals surface area contributed by atoms with Crippen LogP contribution in [0.25, 0.3) is 0 Å². The fraction of sp³-hybridized carbons (Fsp3) is 0.862. The van der Waals surface area contributed by atoms with Gasteiger partial charge in [-0.05, 0) is 30.6 Å². The van der Waals surface area contributed by atoms with Crippen molar-refractivity contribution in [2.45, 2.75) is 86.4 Å². The predicted octanol–water partition coefficient (Wildman–Crippen LogP) is 3.70. The molecule has 0 saturated carbocycles. The molecule has 0 radical (unpaired) electrons. The van der Waals surface area contributed by atoms with Gasteiger partial charge in [-0.25, -0.2) is 9.59 Å². The summed E-state index contributed by atoms with van der Waals surface area (Å²) in [5, 5.41) is 5.54. The van der Waals surface area contributed by atoms with Crippen molar-refractivity contribution in [3.05, 3.63) is 12.2 Å². The average molecular weight is 555 g/mol. The van der Waals surface area contributed by atoms with Crippen molar-refractivity contribution in [3.8, 4) is 0 Å². The molecule has 224 valence electrons. The number of rotatable bonds is 9. The summed E-state index contributed by atoms with van der Waals surface area (Å²) in [5.41, 5.74) is 0.318. The zero-order valence-electron chi connectivity index (χ0n) is 24.9. The molecule has 0 spiro atoms. The van der Waals surface area contributed by atoms with Gasteiger partial charge in [0.05, 0.1) is 38.6 Å². The summed E-state index contributed by atoms with van der Waals surface area (Å²) in [4.78, 5) is 23.7. The summed E-state index contributed by atoms with van der Waals surface area (Å²) in [5.74, 6) is 1.42. The Labute approximate surface area is 233 Å². The van der Waals surface area contributed by atoms with Gasteiger partial charge in [-0.3, -0.25) is 0 Å². The van der Waals surface area contributed by atoms with Gasteiger partial charge in [0, 0.05) is 23.3 Å². The summed E-state index contributed by atoms with van der Waals surface area (Å²) in [7, 11) is 0. The highest BCUT2D eigenvalue weighted by molar-refractivity contribution is 5.86. The Morgan fingerprint density at radius 2 is 1.31 bits per heavy atom. The molecule has 3 aliphatic rings. The zero-order valence-corrected chi connectivity index (χ0v) is 24.9. The molecule has 10 nitrogen and oxygen atoms in total. The van der Waals surface area contributed by atoms with Gasteiger partial charge in [-0.1, -0.05) is 55.0 Å². The SMILES string of the molecule is C=C(C)C(=O)OCCNC(=O)NC1OCC(OC2OCC(OC3OCC(C)C(C)C3C)C(C)C2C)C(C)C1C. The van der Waals surface area contributed by atoms with Crippen LogP contribution in [0.1, 0.15) is 55.4 Å². The lowest BCUT2D eigenvalue weighted by atomic mass is 9.82. The summed E-state index contributed by atoms with van der Waals surface area (Å²) >= 11 is 0. The maximum absolute atomic E-state index is 12.3. The molecule has 12 atom stereocenters. The lowest BCUT2D eigenvalue weighted by Gasteiger charge is -2.46. The van der Waals surface area contributed by atoms with Crippen molar-refractivity contribution in [2.75, 3.05) is 33.0 Å². The first-order valence-electron chi connectivity index (χ1n) is 14.4. The van der Waals surface area contributed by atoms with Gasteiger partial charge in [0.2, 0.25) is 0 Å². The highest BCUT2D eigenvalue weighted by Gasteiger charge is 2.44. The van der Waals surface area contributed by atoms with Crippen LogP contribution in [-0.2, 0) is 33.2 Å². The molecule has 39 heavy (non-hydrogen) atoms. The van der Waals surface area contributed by atoms with E-state index in [0.717, 1.165) is 6.61 Å². The molecule has 0 aliphatic carbocycles. The van der Waals surface area contributed by atoms with E-state index in [1.165, 1.54) is 0 Å². The lowest BCUT2D eigenvalue weighted by Crippen LogP contribution is -2.56. The van der Waals surface area contributed by atoms with Gasteiger partial charge in [0.15, 0.2) is 12.6 Å². The number of amides is 2. The molecule has 2 amide bonds. The Morgan fingerprint density at radius 1 is 0.769 bits per heavy atom. The molecule has 0 aromatic heterocycles. The summed E-state index contributed by atoms with van der Waals surface area (Å²) < 4.78 is 36.1. The number of esters is 1. The van der Waals surface area contributed by atoms with Crippen molar-refractivity contribution in [1.82, 2.24) is 10.6 Å². The van der Waals surface area contributed by atoms with Gasteiger partial charge in [-0.15, -0.1) is 0 Å². The van der Waals surface area contributed by atoms with Gasteiger partial charge < -0.3 is 39.1 Å². The second-order valence-corrected chi connectivity index (χ2v) is 12.0. The van der Waals surface area contributed by atoms with E-state index >= 15 is 0 Å². The molecular weight excluding hydrogens is 504 g/mol. The first-order chi connectivity index (χ1) is 18.4. The smallest absolute Gasteiger partial charge is 0.333 e. The van der Waals surface area contributed by atoms with E-state index in [9.17, 15) is 9.59 Å². The van der Waals surface area contributed by atoms with Gasteiger partial charge in [0.1, 0.15) is 12.8 Å². The Bertz CT molecular complexity index is 840. The Balaban J connectivity index is 1.43. The molecular formula is C29H50N2O8. The van der Waals surface area contributed by atoms with Crippen LogP contribution in [0.5, 0.6) is 0 Å². The van der Waals surface area contributed by atoms with Crippen LogP contribution in [0.2, 0.25) is 0 Å². The fourth-order valence-electron chi connectivity index (χ4n) is 5.29. The van der Waals surface area contributed by atoms with Crippen LogP contribution in [0.3, 0.4) is 0 Å². The van der Waals surface area contributed by atoms with Crippen molar-refractivity contribution in [2.24, 2.45) is 41.4 Å². The van der Waals surface area contributed by atoms with Gasteiger partial charge >= 0.3 is 12.0 Å². The largest absolute Gasteiger partial charge is 0.460 e. The van der Waals surface area contributed by atoms with Crippen LogP contribution < -0.4 is 10.6 Å². The van der Waals surface area contributed by atoms with Crippen molar-refractivity contribution in [3.63, 3.8) is 0 Å². The third-order valence-electron chi connectivity index (χ3n) is 9.14. The number of ether oxygens (including phenoxy) is 6. The van der Waals surface area contributed by atoms with Crippen molar-refractivity contribution in [1.29, 1.82) is 0 Å². The Morgan fingerprint density at radius 3 is 1.92 bits per heavy atom. The first kappa shape index (κ1) is 31.8. The maximum atomic E-state index is 12.3. The molecule has 0 bridgehead atoms. The van der Waals surface area contributed by atoms with E-state index in [-0.39, 0.29) is 67.6 Å². The maximum Gasteiger partial charge on any atom is 0.333 e. The summed E-state index contributed by atoms with van der Waals surface area (Å²) in [6.07, 6.45) is -1.24. The molecule has 10 heteroatoms. The number of hydrogen-bond donors (Lipinski definition) is 2. The zero-order chi connectivity index (χ0) is 28.9. The van der Waals surface area contributed by atoms with Crippen molar-refractivity contribution < 1.29 is 38.0 Å². The van der Waals surface area contributed by atoms with E-state index in [0.29, 0.717) is 36.5 Å². The molecule has 3 heterocycles.